The molecule has 0 aromatic heterocycles. The predicted octanol–water partition coefficient (Wildman–Crippen LogP) is 2.52. The van der Waals surface area contributed by atoms with Gasteiger partial charge in [0, 0.05) is 0 Å². The van der Waals surface area contributed by atoms with E-state index in [9.17, 15) is 4.79 Å². The third kappa shape index (κ3) is 4.24. The summed E-state index contributed by atoms with van der Waals surface area (Å²) in [6.45, 7) is -0.141. The minimum atomic E-state index is -0.300. The average molecular weight is 300 g/mol. The van der Waals surface area contributed by atoms with Gasteiger partial charge in [-0.15, -0.1) is 0 Å². The highest BCUT2D eigenvalue weighted by Crippen LogP contribution is 2.22. The number of nitrogens with one attached hydrogen (secondary N) is 1. The van der Waals surface area contributed by atoms with Gasteiger partial charge in [0.05, 0.1) is 19.0 Å². The maximum absolute atomic E-state index is 11.9. The molecule has 0 spiro atoms. The Morgan fingerprint density at radius 3 is 2.86 bits per heavy atom. The number of para-hydroxylation sites is 2. The monoisotopic (exact) mass is 300 g/mol. The third-order valence-electron chi connectivity index (χ3n) is 2.82. The number of nitrogens with zero attached hydrogens (tertiary/aromatic N) is 1. The Morgan fingerprint density at radius 1 is 1.27 bits per heavy atom. The normalized spacial score (nSPS) is 10.4. The van der Waals surface area contributed by atoms with E-state index in [4.69, 9.17) is 14.7 Å². The fraction of sp³-hybridized carbons (Fsp3) is 0.125. The van der Waals surface area contributed by atoms with Gasteiger partial charge in [-0.1, -0.05) is 29.4 Å². The fourth-order valence-corrected chi connectivity index (χ4v) is 1.83. The summed E-state index contributed by atoms with van der Waals surface area (Å²) in [6.07, 6.45) is 1.28. The second-order valence-electron chi connectivity index (χ2n) is 4.35. The summed E-state index contributed by atoms with van der Waals surface area (Å²) in [5, 5.41) is 14.2. The quantitative estimate of drug-likeness (QED) is 0.488. The van der Waals surface area contributed by atoms with Crippen molar-refractivity contribution >= 4 is 17.8 Å². The molecule has 0 saturated carbocycles. The lowest BCUT2D eigenvalue weighted by atomic mass is 10.2. The van der Waals surface area contributed by atoms with Crippen LogP contribution in [0.25, 0.3) is 0 Å². The van der Waals surface area contributed by atoms with Crippen LogP contribution in [0.4, 0.5) is 5.69 Å². The van der Waals surface area contributed by atoms with Crippen molar-refractivity contribution in [1.29, 1.82) is 0 Å². The molecule has 0 bridgehead atoms. The maximum Gasteiger partial charge on any atom is 0.262 e. The number of ether oxygens (including phenoxy) is 2. The molecule has 2 aromatic carbocycles. The molecular formula is C16H16N2O4. The van der Waals surface area contributed by atoms with E-state index in [1.54, 1.807) is 42.5 Å². The molecule has 0 radical (unpaired) electrons. The average Bonchev–Trinajstić information content (AvgIpc) is 2.54. The molecule has 1 amide bonds. The molecule has 22 heavy (non-hydrogen) atoms. The van der Waals surface area contributed by atoms with Crippen LogP contribution in [0.1, 0.15) is 5.56 Å². The molecule has 0 aliphatic rings. The number of hydrogen-bond acceptors (Lipinski definition) is 5. The summed E-state index contributed by atoms with van der Waals surface area (Å²) in [6, 6.07) is 14.0. The van der Waals surface area contributed by atoms with Gasteiger partial charge in [-0.2, -0.15) is 0 Å². The van der Waals surface area contributed by atoms with E-state index in [0.717, 1.165) is 0 Å². The van der Waals surface area contributed by atoms with Gasteiger partial charge in [-0.05, 0) is 29.8 Å². The predicted molar refractivity (Wildman–Crippen MR) is 82.9 cm³/mol. The van der Waals surface area contributed by atoms with E-state index < -0.39 is 0 Å². The van der Waals surface area contributed by atoms with E-state index in [2.05, 4.69) is 10.5 Å². The summed E-state index contributed by atoms with van der Waals surface area (Å²) in [7, 11) is 1.54. The Hall–Kier alpha value is -3.02. The highest BCUT2D eigenvalue weighted by atomic mass is 16.5. The molecule has 2 rings (SSSR count). The van der Waals surface area contributed by atoms with Crippen LogP contribution >= 0.6 is 0 Å². The summed E-state index contributed by atoms with van der Waals surface area (Å²) < 4.78 is 10.6. The number of anilines is 1. The lowest BCUT2D eigenvalue weighted by molar-refractivity contribution is -0.118. The molecule has 2 aromatic rings. The van der Waals surface area contributed by atoms with Crippen molar-refractivity contribution in [2.24, 2.45) is 5.16 Å². The number of rotatable bonds is 6. The molecule has 0 saturated heterocycles. The summed E-state index contributed by atoms with van der Waals surface area (Å²) in [5.74, 6) is 0.787. The number of methoxy groups -OCH3 is 1. The molecule has 0 atom stereocenters. The van der Waals surface area contributed by atoms with Crippen LogP contribution in [0.5, 0.6) is 11.5 Å². The van der Waals surface area contributed by atoms with Crippen molar-refractivity contribution in [3.05, 3.63) is 54.1 Å². The number of oxime groups is 1. The zero-order chi connectivity index (χ0) is 15.8. The third-order valence-corrected chi connectivity index (χ3v) is 2.82. The van der Waals surface area contributed by atoms with Gasteiger partial charge < -0.3 is 20.0 Å². The Morgan fingerprint density at radius 2 is 2.09 bits per heavy atom. The van der Waals surface area contributed by atoms with Gasteiger partial charge >= 0.3 is 0 Å². The molecule has 0 heterocycles. The first-order valence-electron chi connectivity index (χ1n) is 6.56. The van der Waals surface area contributed by atoms with Crippen molar-refractivity contribution in [1.82, 2.24) is 0 Å². The lowest BCUT2D eigenvalue weighted by Crippen LogP contribution is -2.20. The zero-order valence-electron chi connectivity index (χ0n) is 12.0. The summed E-state index contributed by atoms with van der Waals surface area (Å²) in [5.41, 5.74) is 1.25. The van der Waals surface area contributed by atoms with E-state index in [1.807, 2.05) is 6.07 Å². The topological polar surface area (TPSA) is 80.2 Å². The molecule has 0 fully saturated rings. The van der Waals surface area contributed by atoms with Gasteiger partial charge in [0.1, 0.15) is 11.5 Å². The number of carbonyl (C=O) groups excluding carboxylic acids is 1. The number of amides is 1. The Bertz CT molecular complexity index is 671. The second kappa shape index (κ2) is 7.68. The van der Waals surface area contributed by atoms with Gasteiger partial charge in [0.2, 0.25) is 0 Å². The minimum absolute atomic E-state index is 0.141. The molecule has 114 valence electrons. The van der Waals surface area contributed by atoms with Crippen LogP contribution < -0.4 is 14.8 Å². The molecule has 0 unspecified atom stereocenters. The maximum atomic E-state index is 11.9. The van der Waals surface area contributed by atoms with Crippen molar-refractivity contribution in [3.63, 3.8) is 0 Å². The van der Waals surface area contributed by atoms with Crippen LogP contribution in [0.15, 0.2) is 53.7 Å². The van der Waals surface area contributed by atoms with E-state index in [0.29, 0.717) is 22.7 Å². The molecule has 0 aliphatic heterocycles. The Labute approximate surface area is 128 Å². The second-order valence-corrected chi connectivity index (χ2v) is 4.35. The molecule has 6 heteroatoms. The zero-order valence-corrected chi connectivity index (χ0v) is 12.0. The fourth-order valence-electron chi connectivity index (χ4n) is 1.83. The molecule has 0 aliphatic carbocycles. The van der Waals surface area contributed by atoms with Crippen molar-refractivity contribution in [2.45, 2.75) is 0 Å². The smallest absolute Gasteiger partial charge is 0.262 e. The van der Waals surface area contributed by atoms with E-state index in [1.165, 1.54) is 13.3 Å². The number of benzene rings is 2. The summed E-state index contributed by atoms with van der Waals surface area (Å²) in [4.78, 5) is 11.9. The molecular weight excluding hydrogens is 284 g/mol. The van der Waals surface area contributed by atoms with Gasteiger partial charge in [0.15, 0.2) is 6.61 Å². The van der Waals surface area contributed by atoms with Crippen LogP contribution in [0.2, 0.25) is 0 Å². The largest absolute Gasteiger partial charge is 0.495 e. The van der Waals surface area contributed by atoms with E-state index in [-0.39, 0.29) is 12.5 Å². The Kier molecular flexibility index (Phi) is 5.37. The number of hydrogen-bond donors (Lipinski definition) is 2. The van der Waals surface area contributed by atoms with Gasteiger partial charge in [-0.3, -0.25) is 4.79 Å². The molecule has 6 nitrogen and oxygen atoms in total. The van der Waals surface area contributed by atoms with Crippen molar-refractivity contribution in [3.8, 4) is 11.5 Å². The first kappa shape index (κ1) is 15.4. The first-order chi connectivity index (χ1) is 10.7. The standard InChI is InChI=1S/C16H16N2O4/c1-21-15-8-3-2-7-14(15)18-16(19)11-22-13-6-4-5-12(9-13)10-17-20/h2-10,20H,11H2,1H3,(H,18,19)/b17-10+. The van der Waals surface area contributed by atoms with Crippen LogP contribution in [-0.4, -0.2) is 31.0 Å². The molecule has 2 N–H and O–H groups in total. The van der Waals surface area contributed by atoms with Gasteiger partial charge in [0.25, 0.3) is 5.91 Å². The number of carbonyl (C=O) groups is 1. The van der Waals surface area contributed by atoms with Crippen molar-refractivity contribution < 1.29 is 19.5 Å². The van der Waals surface area contributed by atoms with Crippen LogP contribution in [0, 0.1) is 0 Å². The highest BCUT2D eigenvalue weighted by molar-refractivity contribution is 5.93. The minimum Gasteiger partial charge on any atom is -0.495 e. The SMILES string of the molecule is COc1ccccc1NC(=O)COc1cccc(/C=N/O)c1. The lowest BCUT2D eigenvalue weighted by Gasteiger charge is -2.10. The highest BCUT2D eigenvalue weighted by Gasteiger charge is 2.07. The first-order valence-corrected chi connectivity index (χ1v) is 6.56. The van der Waals surface area contributed by atoms with Crippen molar-refractivity contribution in [2.75, 3.05) is 19.0 Å². The Balaban J connectivity index is 1.94. The van der Waals surface area contributed by atoms with E-state index >= 15 is 0 Å². The van der Waals surface area contributed by atoms with Gasteiger partial charge in [-0.25, -0.2) is 0 Å². The van der Waals surface area contributed by atoms with Crippen LogP contribution in [0.3, 0.4) is 0 Å². The van der Waals surface area contributed by atoms with Crippen LogP contribution in [-0.2, 0) is 4.79 Å². The summed E-state index contributed by atoms with van der Waals surface area (Å²) >= 11 is 0.